The van der Waals surface area contributed by atoms with Crippen LogP contribution in [-0.4, -0.2) is 24.7 Å². The van der Waals surface area contributed by atoms with Gasteiger partial charge in [-0.1, -0.05) is 24.6 Å². The number of alkyl halides is 3. The molecular formula is C14H21F3N2O. The Balaban J connectivity index is 2.63. The van der Waals surface area contributed by atoms with Crippen LogP contribution in [0.3, 0.4) is 0 Å². The summed E-state index contributed by atoms with van der Waals surface area (Å²) in [5.74, 6) is -0.515. The summed E-state index contributed by atoms with van der Waals surface area (Å²) < 4.78 is 38.3. The van der Waals surface area contributed by atoms with Crippen molar-refractivity contribution in [1.29, 1.82) is 0 Å². The molecule has 0 radical (unpaired) electrons. The highest BCUT2D eigenvalue weighted by atomic mass is 19.4. The van der Waals surface area contributed by atoms with Gasteiger partial charge in [0.2, 0.25) is 5.91 Å². The molecule has 0 heterocycles. The van der Waals surface area contributed by atoms with E-state index in [0.717, 1.165) is 12.5 Å². The molecular weight excluding hydrogens is 269 g/mol. The lowest BCUT2D eigenvalue weighted by molar-refractivity contribution is -0.121. The van der Waals surface area contributed by atoms with Gasteiger partial charge >= 0.3 is 6.18 Å². The van der Waals surface area contributed by atoms with Crippen molar-refractivity contribution in [2.45, 2.75) is 45.3 Å². The normalized spacial score (nSPS) is 23.1. The number of carbonyl (C=O) groups excluding carboxylic acids is 1. The Kier molecular flexibility index (Phi) is 5.80. The summed E-state index contributed by atoms with van der Waals surface area (Å²) in [7, 11) is 0. The van der Waals surface area contributed by atoms with Crippen LogP contribution < -0.4 is 11.1 Å². The van der Waals surface area contributed by atoms with E-state index in [1.807, 2.05) is 0 Å². The molecule has 0 spiro atoms. The van der Waals surface area contributed by atoms with Crippen LogP contribution in [0.25, 0.3) is 0 Å². The lowest BCUT2D eigenvalue weighted by Crippen LogP contribution is -2.40. The third kappa shape index (κ3) is 4.37. The number of hydrogen-bond acceptors (Lipinski definition) is 2. The van der Waals surface area contributed by atoms with Gasteiger partial charge in [0.25, 0.3) is 0 Å². The molecule has 20 heavy (non-hydrogen) atoms. The minimum atomic E-state index is -4.34. The van der Waals surface area contributed by atoms with E-state index in [-0.39, 0.29) is 23.4 Å². The van der Waals surface area contributed by atoms with E-state index in [2.05, 4.69) is 5.32 Å². The molecule has 0 saturated carbocycles. The molecule has 6 heteroatoms. The van der Waals surface area contributed by atoms with Gasteiger partial charge in [-0.05, 0) is 26.3 Å². The number of allylic oxidation sites excluding steroid dienone is 2. The van der Waals surface area contributed by atoms with Crippen molar-refractivity contribution in [1.82, 2.24) is 5.32 Å². The van der Waals surface area contributed by atoms with Crippen molar-refractivity contribution < 1.29 is 18.0 Å². The van der Waals surface area contributed by atoms with E-state index >= 15 is 0 Å². The Labute approximate surface area is 117 Å². The lowest BCUT2D eigenvalue weighted by Gasteiger charge is -2.29. The van der Waals surface area contributed by atoms with Crippen molar-refractivity contribution in [2.75, 3.05) is 6.54 Å². The first-order chi connectivity index (χ1) is 9.27. The molecule has 1 rings (SSSR count). The Hall–Kier alpha value is -1.30. The number of unbranched alkanes of at least 4 members (excludes halogenated alkanes) is 1. The average Bonchev–Trinajstić information content (AvgIpc) is 2.34. The number of amides is 1. The molecule has 2 unspecified atom stereocenters. The van der Waals surface area contributed by atoms with Crippen molar-refractivity contribution in [3.05, 3.63) is 23.3 Å². The van der Waals surface area contributed by atoms with Crippen molar-refractivity contribution in [3.8, 4) is 0 Å². The quantitative estimate of drug-likeness (QED) is 0.765. The number of nitrogens with one attached hydrogen (secondary N) is 1. The standard InChI is InChI=1S/C14H21F3N2O/c1-9-10(2)12(7-6-11(9)14(15,16)17)19-13(20)5-3-4-8-18/h6-7,10,12H,3-5,8,18H2,1-2H3,(H,19,20). The van der Waals surface area contributed by atoms with E-state index < -0.39 is 11.7 Å². The van der Waals surface area contributed by atoms with Crippen LogP contribution >= 0.6 is 0 Å². The van der Waals surface area contributed by atoms with E-state index in [1.165, 1.54) is 13.0 Å². The third-order valence-corrected chi connectivity index (χ3v) is 3.61. The highest BCUT2D eigenvalue weighted by molar-refractivity contribution is 5.76. The maximum atomic E-state index is 12.8. The van der Waals surface area contributed by atoms with Crippen molar-refractivity contribution in [3.63, 3.8) is 0 Å². The van der Waals surface area contributed by atoms with E-state index in [0.29, 0.717) is 19.4 Å². The molecule has 1 amide bonds. The predicted molar refractivity (Wildman–Crippen MR) is 71.9 cm³/mol. The van der Waals surface area contributed by atoms with Gasteiger partial charge in [-0.3, -0.25) is 4.79 Å². The van der Waals surface area contributed by atoms with Crippen LogP contribution in [0.2, 0.25) is 0 Å². The summed E-state index contributed by atoms with van der Waals surface area (Å²) in [5.41, 5.74) is 4.98. The van der Waals surface area contributed by atoms with Gasteiger partial charge in [-0.15, -0.1) is 0 Å². The summed E-state index contributed by atoms with van der Waals surface area (Å²) >= 11 is 0. The molecule has 0 aromatic carbocycles. The van der Waals surface area contributed by atoms with Crippen LogP contribution in [0.1, 0.15) is 33.1 Å². The van der Waals surface area contributed by atoms with E-state index in [4.69, 9.17) is 5.73 Å². The van der Waals surface area contributed by atoms with Crippen LogP contribution in [-0.2, 0) is 4.79 Å². The summed E-state index contributed by atoms with van der Waals surface area (Å²) in [6.07, 6.45) is -0.0635. The maximum absolute atomic E-state index is 12.8. The fourth-order valence-electron chi connectivity index (χ4n) is 2.19. The second-order valence-electron chi connectivity index (χ2n) is 5.08. The molecule has 3 nitrogen and oxygen atoms in total. The number of nitrogens with two attached hydrogens (primary N) is 1. The first kappa shape index (κ1) is 16.8. The summed E-state index contributed by atoms with van der Waals surface area (Å²) in [4.78, 5) is 11.7. The minimum absolute atomic E-state index is 0.150. The highest BCUT2D eigenvalue weighted by Crippen LogP contribution is 2.35. The monoisotopic (exact) mass is 290 g/mol. The zero-order valence-electron chi connectivity index (χ0n) is 11.8. The largest absolute Gasteiger partial charge is 0.416 e. The Morgan fingerprint density at radius 2 is 2.05 bits per heavy atom. The van der Waals surface area contributed by atoms with E-state index in [9.17, 15) is 18.0 Å². The topological polar surface area (TPSA) is 55.1 Å². The van der Waals surface area contributed by atoms with Gasteiger partial charge in [-0.25, -0.2) is 0 Å². The molecule has 0 aliphatic heterocycles. The van der Waals surface area contributed by atoms with Crippen LogP contribution in [0.4, 0.5) is 13.2 Å². The van der Waals surface area contributed by atoms with Gasteiger partial charge in [0.1, 0.15) is 0 Å². The maximum Gasteiger partial charge on any atom is 0.416 e. The number of hydrogen-bond donors (Lipinski definition) is 2. The van der Waals surface area contributed by atoms with Gasteiger partial charge in [0.15, 0.2) is 0 Å². The van der Waals surface area contributed by atoms with Gasteiger partial charge in [0, 0.05) is 12.3 Å². The second-order valence-corrected chi connectivity index (χ2v) is 5.08. The SMILES string of the molecule is CC1=C(C(F)(F)F)C=CC(NC(=O)CCCCN)C1C. The Morgan fingerprint density at radius 3 is 2.60 bits per heavy atom. The molecule has 3 N–H and O–H groups in total. The van der Waals surface area contributed by atoms with Crippen LogP contribution in [0, 0.1) is 5.92 Å². The smallest absolute Gasteiger partial charge is 0.349 e. The Morgan fingerprint density at radius 1 is 1.40 bits per heavy atom. The molecule has 2 atom stereocenters. The van der Waals surface area contributed by atoms with E-state index in [1.54, 1.807) is 6.92 Å². The summed E-state index contributed by atoms with van der Waals surface area (Å²) in [5, 5.41) is 2.76. The highest BCUT2D eigenvalue weighted by Gasteiger charge is 2.37. The molecule has 1 aliphatic carbocycles. The molecule has 0 saturated heterocycles. The number of rotatable bonds is 5. The second kappa shape index (κ2) is 6.92. The zero-order chi connectivity index (χ0) is 15.3. The molecule has 0 aromatic rings. The predicted octanol–water partition coefficient (Wildman–Crippen LogP) is 2.68. The van der Waals surface area contributed by atoms with Crippen molar-refractivity contribution >= 4 is 5.91 Å². The number of carbonyl (C=O) groups is 1. The Bertz CT molecular complexity index is 413. The first-order valence-corrected chi connectivity index (χ1v) is 6.73. The van der Waals surface area contributed by atoms with Gasteiger partial charge < -0.3 is 11.1 Å². The summed E-state index contributed by atoms with van der Waals surface area (Å²) in [6, 6.07) is -0.383. The fourth-order valence-corrected chi connectivity index (χ4v) is 2.19. The molecule has 0 bridgehead atoms. The minimum Gasteiger partial charge on any atom is -0.349 e. The zero-order valence-corrected chi connectivity index (χ0v) is 11.8. The molecule has 114 valence electrons. The van der Waals surface area contributed by atoms with Gasteiger partial charge in [0.05, 0.1) is 11.6 Å². The third-order valence-electron chi connectivity index (χ3n) is 3.61. The molecule has 0 aromatic heterocycles. The number of halogens is 3. The lowest BCUT2D eigenvalue weighted by atomic mass is 9.85. The first-order valence-electron chi connectivity index (χ1n) is 6.73. The van der Waals surface area contributed by atoms with Crippen molar-refractivity contribution in [2.24, 2.45) is 11.7 Å². The fraction of sp³-hybridized carbons (Fsp3) is 0.643. The average molecular weight is 290 g/mol. The van der Waals surface area contributed by atoms with Gasteiger partial charge in [-0.2, -0.15) is 13.2 Å². The molecule has 0 fully saturated rings. The van der Waals surface area contributed by atoms with Crippen LogP contribution in [0.15, 0.2) is 23.3 Å². The van der Waals surface area contributed by atoms with Crippen LogP contribution in [0.5, 0.6) is 0 Å². The summed E-state index contributed by atoms with van der Waals surface area (Å²) in [6.45, 7) is 3.68. The molecule has 1 aliphatic rings.